The van der Waals surface area contributed by atoms with Crippen LogP contribution < -0.4 is 0 Å². The van der Waals surface area contributed by atoms with Crippen LogP contribution in [0.5, 0.6) is 0 Å². The van der Waals surface area contributed by atoms with Crippen LogP contribution in [0.4, 0.5) is 8.78 Å². The number of halogens is 2. The zero-order valence-electron chi connectivity index (χ0n) is 9.71. The Morgan fingerprint density at radius 3 is 2.63 bits per heavy atom. The van der Waals surface area contributed by atoms with Crippen LogP contribution in [-0.2, 0) is 14.8 Å². The number of carboxylic acid groups (broad SMARTS) is 1. The average molecular weight is 291 g/mol. The summed E-state index contributed by atoms with van der Waals surface area (Å²) in [5.74, 6) is -3.40. The van der Waals surface area contributed by atoms with Crippen LogP contribution in [0.3, 0.4) is 0 Å². The Morgan fingerprint density at radius 2 is 2.05 bits per heavy atom. The lowest BCUT2D eigenvalue weighted by molar-refractivity contribution is -0.140. The minimum absolute atomic E-state index is 0.0100. The fraction of sp³-hybridized carbons (Fsp3) is 0.364. The third kappa shape index (κ3) is 2.45. The molecule has 1 saturated heterocycles. The van der Waals surface area contributed by atoms with Gasteiger partial charge in [-0.3, -0.25) is 4.79 Å². The van der Waals surface area contributed by atoms with E-state index in [9.17, 15) is 22.0 Å². The van der Waals surface area contributed by atoms with Crippen molar-refractivity contribution in [2.45, 2.75) is 23.8 Å². The van der Waals surface area contributed by atoms with Gasteiger partial charge in [0.2, 0.25) is 10.0 Å². The average Bonchev–Trinajstić information content (AvgIpc) is 2.77. The Balaban J connectivity index is 2.45. The molecule has 1 fully saturated rings. The summed E-state index contributed by atoms with van der Waals surface area (Å²) >= 11 is 0. The highest BCUT2D eigenvalue weighted by molar-refractivity contribution is 7.89. The van der Waals surface area contributed by atoms with Crippen molar-refractivity contribution in [1.82, 2.24) is 4.31 Å². The molecule has 1 aromatic carbocycles. The molecule has 5 nitrogen and oxygen atoms in total. The number of hydrogen-bond donors (Lipinski definition) is 1. The SMILES string of the molecule is O=C(O)[C@@H]1CCCN1S(=O)(=O)c1ccc(F)cc1F. The van der Waals surface area contributed by atoms with E-state index in [0.717, 1.165) is 16.4 Å². The maximum Gasteiger partial charge on any atom is 0.322 e. The highest BCUT2D eigenvalue weighted by Crippen LogP contribution is 2.27. The molecular formula is C11H11F2NO4S. The highest BCUT2D eigenvalue weighted by atomic mass is 32.2. The monoisotopic (exact) mass is 291 g/mol. The predicted octanol–water partition coefficient (Wildman–Crippen LogP) is 1.20. The van der Waals surface area contributed by atoms with Gasteiger partial charge in [-0.15, -0.1) is 0 Å². The molecule has 2 rings (SSSR count). The van der Waals surface area contributed by atoms with E-state index < -0.39 is 38.6 Å². The van der Waals surface area contributed by atoms with Crippen molar-refractivity contribution >= 4 is 16.0 Å². The first-order valence-corrected chi connectivity index (χ1v) is 6.98. The molecular weight excluding hydrogens is 280 g/mol. The first-order chi connectivity index (χ1) is 8.84. The van der Waals surface area contributed by atoms with Gasteiger partial charge in [0.15, 0.2) is 0 Å². The van der Waals surface area contributed by atoms with Gasteiger partial charge in [-0.2, -0.15) is 4.31 Å². The van der Waals surface area contributed by atoms with E-state index >= 15 is 0 Å². The van der Waals surface area contributed by atoms with Crippen LogP contribution in [0.2, 0.25) is 0 Å². The lowest BCUT2D eigenvalue weighted by atomic mass is 10.2. The molecule has 1 aliphatic heterocycles. The highest BCUT2D eigenvalue weighted by Gasteiger charge is 2.40. The van der Waals surface area contributed by atoms with Crippen LogP contribution in [0.1, 0.15) is 12.8 Å². The summed E-state index contributed by atoms with van der Waals surface area (Å²) in [6, 6.07) is 0.882. The van der Waals surface area contributed by atoms with Gasteiger partial charge in [-0.1, -0.05) is 0 Å². The zero-order chi connectivity index (χ0) is 14.2. The number of aliphatic carboxylic acids is 1. The Bertz CT molecular complexity index is 617. The van der Waals surface area contributed by atoms with Crippen LogP contribution in [0.25, 0.3) is 0 Å². The molecule has 1 aromatic rings. The van der Waals surface area contributed by atoms with Gasteiger partial charge in [0, 0.05) is 12.6 Å². The van der Waals surface area contributed by atoms with E-state index in [1.54, 1.807) is 0 Å². The fourth-order valence-corrected chi connectivity index (χ4v) is 3.78. The van der Waals surface area contributed by atoms with Crippen molar-refractivity contribution in [2.24, 2.45) is 0 Å². The summed E-state index contributed by atoms with van der Waals surface area (Å²) in [6.07, 6.45) is 0.566. The zero-order valence-corrected chi connectivity index (χ0v) is 10.5. The first-order valence-electron chi connectivity index (χ1n) is 5.54. The molecule has 0 aliphatic carbocycles. The molecule has 0 amide bonds. The van der Waals surface area contributed by atoms with Crippen LogP contribution in [0, 0.1) is 11.6 Å². The summed E-state index contributed by atoms with van der Waals surface area (Å²) in [7, 11) is -4.27. The smallest absolute Gasteiger partial charge is 0.322 e. The summed E-state index contributed by atoms with van der Waals surface area (Å²) in [4.78, 5) is 10.3. The van der Waals surface area contributed by atoms with E-state index in [4.69, 9.17) is 5.11 Å². The van der Waals surface area contributed by atoms with Crippen molar-refractivity contribution in [3.63, 3.8) is 0 Å². The van der Waals surface area contributed by atoms with Crippen LogP contribution >= 0.6 is 0 Å². The molecule has 8 heteroatoms. The molecule has 0 aromatic heterocycles. The van der Waals surface area contributed by atoms with Crippen LogP contribution in [-0.4, -0.2) is 36.4 Å². The maximum atomic E-state index is 13.5. The fourth-order valence-electron chi connectivity index (χ4n) is 2.09. The number of carboxylic acids is 1. The van der Waals surface area contributed by atoms with Crippen molar-refractivity contribution in [1.29, 1.82) is 0 Å². The quantitative estimate of drug-likeness (QED) is 0.908. The lowest BCUT2D eigenvalue weighted by Crippen LogP contribution is -2.40. The number of sulfonamides is 1. The van der Waals surface area contributed by atoms with E-state index in [1.165, 1.54) is 0 Å². The minimum Gasteiger partial charge on any atom is -0.480 e. The van der Waals surface area contributed by atoms with Gasteiger partial charge >= 0.3 is 5.97 Å². The number of carbonyl (C=O) groups is 1. The standard InChI is InChI=1S/C11H11F2NO4S/c12-7-3-4-10(8(13)6-7)19(17,18)14-5-1-2-9(14)11(15)16/h3-4,6,9H,1-2,5H2,(H,15,16)/t9-/m0/s1. The largest absolute Gasteiger partial charge is 0.480 e. The topological polar surface area (TPSA) is 74.7 Å². The van der Waals surface area contributed by atoms with Gasteiger partial charge in [0.05, 0.1) is 0 Å². The second-order valence-electron chi connectivity index (χ2n) is 4.19. The lowest BCUT2D eigenvalue weighted by Gasteiger charge is -2.21. The Labute approximate surface area is 108 Å². The van der Waals surface area contributed by atoms with Gasteiger partial charge in [-0.25, -0.2) is 17.2 Å². The second kappa shape index (κ2) is 4.86. The first kappa shape index (κ1) is 13.9. The Kier molecular flexibility index (Phi) is 3.55. The Morgan fingerprint density at radius 1 is 1.37 bits per heavy atom. The number of rotatable bonds is 3. The Hall–Kier alpha value is -1.54. The molecule has 0 bridgehead atoms. The third-order valence-corrected chi connectivity index (χ3v) is 4.91. The number of benzene rings is 1. The molecule has 0 unspecified atom stereocenters. The minimum atomic E-state index is -4.27. The third-order valence-electron chi connectivity index (χ3n) is 2.97. The number of nitrogens with zero attached hydrogens (tertiary/aromatic N) is 1. The molecule has 1 atom stereocenters. The van der Waals surface area contributed by atoms with Gasteiger partial charge in [0.1, 0.15) is 22.6 Å². The van der Waals surface area contributed by atoms with Crippen LogP contribution in [0.15, 0.2) is 23.1 Å². The summed E-state index contributed by atoms with van der Waals surface area (Å²) in [5.41, 5.74) is 0. The normalized spacial score (nSPS) is 20.6. The predicted molar refractivity (Wildman–Crippen MR) is 60.9 cm³/mol. The molecule has 0 saturated carbocycles. The van der Waals surface area contributed by atoms with E-state index in [2.05, 4.69) is 0 Å². The molecule has 0 spiro atoms. The van der Waals surface area contributed by atoms with Gasteiger partial charge in [0.25, 0.3) is 0 Å². The van der Waals surface area contributed by atoms with Crippen molar-refractivity contribution < 1.29 is 27.1 Å². The van der Waals surface area contributed by atoms with Crippen molar-refractivity contribution in [3.05, 3.63) is 29.8 Å². The molecule has 1 N–H and O–H groups in total. The molecule has 0 radical (unpaired) electrons. The second-order valence-corrected chi connectivity index (χ2v) is 6.05. The summed E-state index contributed by atoms with van der Waals surface area (Å²) in [6.45, 7) is 0.0100. The summed E-state index contributed by atoms with van der Waals surface area (Å²) in [5, 5.41) is 8.95. The van der Waals surface area contributed by atoms with Gasteiger partial charge < -0.3 is 5.11 Å². The maximum absolute atomic E-state index is 13.5. The molecule has 104 valence electrons. The van der Waals surface area contributed by atoms with E-state index in [-0.39, 0.29) is 13.0 Å². The van der Waals surface area contributed by atoms with Gasteiger partial charge in [-0.05, 0) is 25.0 Å². The molecule has 1 heterocycles. The van der Waals surface area contributed by atoms with Crippen molar-refractivity contribution in [2.75, 3.05) is 6.54 Å². The molecule has 1 aliphatic rings. The van der Waals surface area contributed by atoms with Crippen molar-refractivity contribution in [3.8, 4) is 0 Å². The van der Waals surface area contributed by atoms with E-state index in [0.29, 0.717) is 12.5 Å². The molecule has 19 heavy (non-hydrogen) atoms. The summed E-state index contributed by atoms with van der Waals surface area (Å²) < 4.78 is 51.4. The van der Waals surface area contributed by atoms with E-state index in [1.807, 2.05) is 0 Å². The number of hydrogen-bond acceptors (Lipinski definition) is 3.